The number of nitrogens with two attached hydrogens (primary N) is 1. The highest BCUT2D eigenvalue weighted by Gasteiger charge is 2.24. The fourth-order valence-corrected chi connectivity index (χ4v) is 4.33. The van der Waals surface area contributed by atoms with Crippen molar-refractivity contribution in [2.75, 3.05) is 26.2 Å². The van der Waals surface area contributed by atoms with Gasteiger partial charge in [-0.25, -0.2) is 4.98 Å². The summed E-state index contributed by atoms with van der Waals surface area (Å²) >= 11 is 1.63. The van der Waals surface area contributed by atoms with Crippen LogP contribution in [-0.2, 0) is 11.3 Å². The Bertz CT molecular complexity index is 1040. The van der Waals surface area contributed by atoms with Gasteiger partial charge in [0.1, 0.15) is 6.26 Å². The van der Waals surface area contributed by atoms with Crippen LogP contribution in [0.25, 0.3) is 22.6 Å². The smallest absolute Gasteiger partial charge is 0.275 e. The summed E-state index contributed by atoms with van der Waals surface area (Å²) in [6.07, 6.45) is 2.16. The number of carbonyl (C=O) groups excluding carboxylic acids is 2. The summed E-state index contributed by atoms with van der Waals surface area (Å²) in [5.41, 5.74) is 10.2. The third kappa shape index (κ3) is 4.15. The quantitative estimate of drug-likeness (QED) is 0.694. The molecule has 2 aromatic heterocycles. The van der Waals surface area contributed by atoms with E-state index in [1.807, 2.05) is 23.6 Å². The molecular formula is C22H24N4O3S. The van der Waals surface area contributed by atoms with Crippen molar-refractivity contribution in [3.8, 4) is 22.6 Å². The minimum atomic E-state index is -0.174. The number of carbonyl (C=O) groups is 2. The molecule has 8 heteroatoms. The van der Waals surface area contributed by atoms with E-state index in [2.05, 4.69) is 16.4 Å². The molecule has 2 amide bonds. The minimum Gasteiger partial charge on any atom is -0.444 e. The molecule has 0 unspecified atom stereocenters. The lowest BCUT2D eigenvalue weighted by atomic mass is 9.99. The molecule has 3 heterocycles. The van der Waals surface area contributed by atoms with Crippen molar-refractivity contribution in [1.29, 1.82) is 0 Å². The van der Waals surface area contributed by atoms with Crippen LogP contribution in [0.5, 0.6) is 0 Å². The zero-order chi connectivity index (χ0) is 21.1. The van der Waals surface area contributed by atoms with Gasteiger partial charge < -0.3 is 20.0 Å². The number of oxazole rings is 1. The molecule has 0 radical (unpaired) electrons. The second kappa shape index (κ2) is 8.81. The molecule has 2 N–H and O–H groups in total. The van der Waals surface area contributed by atoms with E-state index in [0.717, 1.165) is 28.7 Å². The Morgan fingerprint density at radius 3 is 2.67 bits per heavy atom. The SMILES string of the molecule is CC(=O)N1CCCN(C(=O)c2coc(-c3ccc(CN)c(-c4ccsc4)c3)n2)CC1. The highest BCUT2D eigenvalue weighted by molar-refractivity contribution is 7.08. The van der Waals surface area contributed by atoms with Crippen LogP contribution in [0.3, 0.4) is 0 Å². The lowest BCUT2D eigenvalue weighted by molar-refractivity contribution is -0.128. The van der Waals surface area contributed by atoms with E-state index in [-0.39, 0.29) is 17.5 Å². The normalized spacial score (nSPS) is 14.6. The number of hydrogen-bond donors (Lipinski definition) is 1. The molecule has 1 saturated heterocycles. The van der Waals surface area contributed by atoms with Crippen molar-refractivity contribution in [2.24, 2.45) is 5.73 Å². The number of amides is 2. The Kier molecular flexibility index (Phi) is 5.96. The third-order valence-corrected chi connectivity index (χ3v) is 6.04. The van der Waals surface area contributed by atoms with Crippen molar-refractivity contribution >= 4 is 23.2 Å². The maximum absolute atomic E-state index is 12.9. The van der Waals surface area contributed by atoms with Crippen LogP contribution in [0.15, 0.2) is 45.7 Å². The van der Waals surface area contributed by atoms with Gasteiger partial charge in [-0.3, -0.25) is 9.59 Å². The topological polar surface area (TPSA) is 92.7 Å². The number of benzene rings is 1. The number of nitrogens with zero attached hydrogens (tertiary/aromatic N) is 3. The molecule has 156 valence electrons. The van der Waals surface area contributed by atoms with Gasteiger partial charge >= 0.3 is 0 Å². The van der Waals surface area contributed by atoms with Crippen molar-refractivity contribution in [2.45, 2.75) is 19.9 Å². The molecule has 0 saturated carbocycles. The van der Waals surface area contributed by atoms with Crippen molar-refractivity contribution in [3.05, 3.63) is 52.5 Å². The summed E-state index contributed by atoms with van der Waals surface area (Å²) < 4.78 is 5.65. The Labute approximate surface area is 179 Å². The second-order valence-corrected chi connectivity index (χ2v) is 8.06. The largest absolute Gasteiger partial charge is 0.444 e. The first-order chi connectivity index (χ1) is 14.6. The molecule has 1 aliphatic rings. The molecule has 3 aromatic rings. The molecule has 0 bridgehead atoms. The molecule has 0 spiro atoms. The van der Waals surface area contributed by atoms with Crippen molar-refractivity contribution in [1.82, 2.24) is 14.8 Å². The highest BCUT2D eigenvalue weighted by atomic mass is 32.1. The Hall–Kier alpha value is -2.97. The van der Waals surface area contributed by atoms with Gasteiger partial charge in [0, 0.05) is 45.2 Å². The lowest BCUT2D eigenvalue weighted by Crippen LogP contribution is -2.36. The van der Waals surface area contributed by atoms with Crippen LogP contribution in [0.4, 0.5) is 0 Å². The summed E-state index contributed by atoms with van der Waals surface area (Å²) in [6, 6.07) is 7.94. The Balaban J connectivity index is 1.55. The van der Waals surface area contributed by atoms with Gasteiger partial charge in [0.25, 0.3) is 5.91 Å². The summed E-state index contributed by atoms with van der Waals surface area (Å²) in [5, 5.41) is 4.10. The van der Waals surface area contributed by atoms with Crippen LogP contribution in [0, 0.1) is 0 Å². The molecule has 0 atom stereocenters. The molecule has 1 aromatic carbocycles. The van der Waals surface area contributed by atoms with Crippen LogP contribution in [-0.4, -0.2) is 52.8 Å². The average molecular weight is 425 g/mol. The van der Waals surface area contributed by atoms with E-state index in [1.54, 1.807) is 28.1 Å². The van der Waals surface area contributed by atoms with E-state index in [1.165, 1.54) is 6.26 Å². The molecule has 0 aliphatic carbocycles. The molecule has 4 rings (SSSR count). The zero-order valence-corrected chi connectivity index (χ0v) is 17.7. The average Bonchev–Trinajstić information content (AvgIpc) is 3.40. The molecule has 30 heavy (non-hydrogen) atoms. The molecule has 1 aliphatic heterocycles. The summed E-state index contributed by atoms with van der Waals surface area (Å²) in [4.78, 5) is 32.5. The van der Waals surface area contributed by atoms with Gasteiger partial charge in [0.05, 0.1) is 0 Å². The molecule has 1 fully saturated rings. The van der Waals surface area contributed by atoms with E-state index in [9.17, 15) is 9.59 Å². The fraction of sp³-hybridized carbons (Fsp3) is 0.318. The summed E-state index contributed by atoms with van der Waals surface area (Å²) in [5.74, 6) is 0.265. The van der Waals surface area contributed by atoms with Crippen LogP contribution in [0.2, 0.25) is 0 Å². The number of aromatic nitrogens is 1. The van der Waals surface area contributed by atoms with Crippen LogP contribution in [0.1, 0.15) is 29.4 Å². The maximum Gasteiger partial charge on any atom is 0.275 e. The van der Waals surface area contributed by atoms with E-state index < -0.39 is 0 Å². The first-order valence-corrected chi connectivity index (χ1v) is 10.9. The van der Waals surface area contributed by atoms with Gasteiger partial charge in [-0.1, -0.05) is 6.07 Å². The summed E-state index contributed by atoms with van der Waals surface area (Å²) in [6.45, 7) is 4.29. The highest BCUT2D eigenvalue weighted by Crippen LogP contribution is 2.30. The summed E-state index contributed by atoms with van der Waals surface area (Å²) in [7, 11) is 0. The number of hydrogen-bond acceptors (Lipinski definition) is 6. The monoisotopic (exact) mass is 424 g/mol. The zero-order valence-electron chi connectivity index (χ0n) is 16.8. The third-order valence-electron chi connectivity index (χ3n) is 5.36. The van der Waals surface area contributed by atoms with Crippen LogP contribution < -0.4 is 5.73 Å². The minimum absolute atomic E-state index is 0.0374. The van der Waals surface area contributed by atoms with Crippen molar-refractivity contribution < 1.29 is 14.0 Å². The Morgan fingerprint density at radius 2 is 1.93 bits per heavy atom. The van der Waals surface area contributed by atoms with Crippen molar-refractivity contribution in [3.63, 3.8) is 0 Å². The predicted octanol–water partition coefficient (Wildman–Crippen LogP) is 3.22. The van der Waals surface area contributed by atoms with Gasteiger partial charge in [-0.15, -0.1) is 0 Å². The van der Waals surface area contributed by atoms with Crippen LogP contribution >= 0.6 is 11.3 Å². The molecular weight excluding hydrogens is 400 g/mol. The van der Waals surface area contributed by atoms with E-state index >= 15 is 0 Å². The van der Waals surface area contributed by atoms with Gasteiger partial charge in [0.2, 0.25) is 11.8 Å². The van der Waals surface area contributed by atoms with Gasteiger partial charge in [-0.2, -0.15) is 11.3 Å². The van der Waals surface area contributed by atoms with E-state index in [0.29, 0.717) is 38.6 Å². The lowest BCUT2D eigenvalue weighted by Gasteiger charge is -2.20. The second-order valence-electron chi connectivity index (χ2n) is 7.28. The first-order valence-electron chi connectivity index (χ1n) is 9.93. The number of thiophene rings is 1. The van der Waals surface area contributed by atoms with Gasteiger partial charge in [-0.05, 0) is 52.1 Å². The number of rotatable bonds is 4. The van der Waals surface area contributed by atoms with E-state index in [4.69, 9.17) is 10.2 Å². The molecule has 7 nitrogen and oxygen atoms in total. The first kappa shape index (κ1) is 20.3. The van der Waals surface area contributed by atoms with Gasteiger partial charge in [0.15, 0.2) is 5.69 Å². The standard InChI is InChI=1S/C22H24N4O3S/c1-15(27)25-6-2-7-26(9-8-25)22(28)20-13-29-21(24-20)16-3-4-17(12-23)19(11-16)18-5-10-30-14-18/h3-5,10-11,13-14H,2,6-9,12,23H2,1H3. The maximum atomic E-state index is 12.9. The Morgan fingerprint density at radius 1 is 1.13 bits per heavy atom. The predicted molar refractivity (Wildman–Crippen MR) is 116 cm³/mol. The fourth-order valence-electron chi connectivity index (χ4n) is 3.68.